The second-order valence-corrected chi connectivity index (χ2v) is 6.32. The van der Waals surface area contributed by atoms with Gasteiger partial charge in [0.05, 0.1) is 5.56 Å². The molecule has 5 nitrogen and oxygen atoms in total. The molecule has 0 saturated heterocycles. The van der Waals surface area contributed by atoms with E-state index in [-0.39, 0.29) is 5.56 Å². The smallest absolute Gasteiger partial charge is 0.341 e. The second-order valence-electron chi connectivity index (χ2n) is 6.32. The number of hydrogen-bond donors (Lipinski definition) is 1. The van der Waals surface area contributed by atoms with E-state index in [1.165, 1.54) is 25.1 Å². The Morgan fingerprint density at radius 3 is 2.28 bits per heavy atom. The highest BCUT2D eigenvalue weighted by molar-refractivity contribution is 5.97. The van der Waals surface area contributed by atoms with E-state index in [0.29, 0.717) is 18.0 Å². The molecule has 0 fully saturated rings. The van der Waals surface area contributed by atoms with Gasteiger partial charge < -0.3 is 14.8 Å². The minimum atomic E-state index is -1.09. The van der Waals surface area contributed by atoms with Crippen molar-refractivity contribution in [3.8, 4) is 5.75 Å². The number of hydrogen-bond acceptors (Lipinski definition) is 4. The van der Waals surface area contributed by atoms with Crippen LogP contribution in [-0.2, 0) is 16.1 Å². The molecule has 6 heteroatoms. The third kappa shape index (κ3) is 5.65. The van der Waals surface area contributed by atoms with Crippen LogP contribution in [0.15, 0.2) is 78.9 Å². The lowest BCUT2D eigenvalue weighted by molar-refractivity contribution is -0.123. The lowest BCUT2D eigenvalue weighted by Crippen LogP contribution is -2.30. The molecule has 1 atom stereocenters. The normalized spacial score (nSPS) is 11.4. The first-order chi connectivity index (χ1) is 14.0. The summed E-state index contributed by atoms with van der Waals surface area (Å²) >= 11 is 0. The SMILES string of the molecule is CC(OC(=O)c1ccccc1F)C(=O)Nc1ccc(OCc2ccccc2)cc1. The van der Waals surface area contributed by atoms with Gasteiger partial charge in [0.1, 0.15) is 18.2 Å². The third-order valence-electron chi connectivity index (χ3n) is 4.12. The average Bonchev–Trinajstić information content (AvgIpc) is 2.74. The van der Waals surface area contributed by atoms with E-state index in [0.717, 1.165) is 11.6 Å². The van der Waals surface area contributed by atoms with Crippen LogP contribution in [0, 0.1) is 5.82 Å². The molecule has 29 heavy (non-hydrogen) atoms. The van der Waals surface area contributed by atoms with Gasteiger partial charge in [-0.2, -0.15) is 0 Å². The molecule has 0 aliphatic carbocycles. The number of carbonyl (C=O) groups excluding carboxylic acids is 2. The predicted molar refractivity (Wildman–Crippen MR) is 107 cm³/mol. The van der Waals surface area contributed by atoms with Crippen molar-refractivity contribution in [3.63, 3.8) is 0 Å². The summed E-state index contributed by atoms with van der Waals surface area (Å²) in [4.78, 5) is 24.3. The molecule has 0 spiro atoms. The molecule has 0 bridgehead atoms. The fourth-order valence-corrected chi connectivity index (χ4v) is 2.52. The summed E-state index contributed by atoms with van der Waals surface area (Å²) in [6.07, 6.45) is -1.09. The zero-order valence-corrected chi connectivity index (χ0v) is 15.8. The Morgan fingerprint density at radius 2 is 1.59 bits per heavy atom. The van der Waals surface area contributed by atoms with Crippen molar-refractivity contribution in [2.75, 3.05) is 5.32 Å². The van der Waals surface area contributed by atoms with Crippen LogP contribution < -0.4 is 10.1 Å². The molecule has 0 aliphatic heterocycles. The first-order valence-electron chi connectivity index (χ1n) is 9.06. The first-order valence-corrected chi connectivity index (χ1v) is 9.06. The van der Waals surface area contributed by atoms with Crippen molar-refractivity contribution in [2.24, 2.45) is 0 Å². The van der Waals surface area contributed by atoms with E-state index in [2.05, 4.69) is 5.32 Å². The van der Waals surface area contributed by atoms with Crippen LogP contribution in [0.5, 0.6) is 5.75 Å². The van der Waals surface area contributed by atoms with Crippen LogP contribution in [-0.4, -0.2) is 18.0 Å². The van der Waals surface area contributed by atoms with Gasteiger partial charge in [-0.05, 0) is 48.9 Å². The van der Waals surface area contributed by atoms with Gasteiger partial charge in [0.2, 0.25) is 0 Å². The number of rotatable bonds is 7. The second kappa shape index (κ2) is 9.50. The van der Waals surface area contributed by atoms with Gasteiger partial charge in [0.25, 0.3) is 5.91 Å². The van der Waals surface area contributed by atoms with Gasteiger partial charge in [-0.1, -0.05) is 42.5 Å². The van der Waals surface area contributed by atoms with Crippen molar-refractivity contribution in [1.29, 1.82) is 0 Å². The van der Waals surface area contributed by atoms with Crippen molar-refractivity contribution < 1.29 is 23.5 Å². The zero-order valence-electron chi connectivity index (χ0n) is 15.8. The first kappa shape index (κ1) is 20.1. The Labute approximate surface area is 168 Å². The number of nitrogens with one attached hydrogen (secondary N) is 1. The molecule has 0 aliphatic rings. The maximum atomic E-state index is 13.6. The van der Waals surface area contributed by atoms with Crippen LogP contribution in [0.3, 0.4) is 0 Å². The number of halogens is 1. The average molecular weight is 393 g/mol. The van der Waals surface area contributed by atoms with Gasteiger partial charge in [0.15, 0.2) is 6.10 Å². The molecular weight excluding hydrogens is 373 g/mol. The molecular formula is C23H20FNO4. The predicted octanol–water partition coefficient (Wildman–Crippen LogP) is 4.59. The molecule has 1 N–H and O–H groups in total. The summed E-state index contributed by atoms with van der Waals surface area (Å²) in [5.41, 5.74) is 1.36. The monoisotopic (exact) mass is 393 g/mol. The zero-order chi connectivity index (χ0) is 20.6. The fourth-order valence-electron chi connectivity index (χ4n) is 2.52. The molecule has 0 heterocycles. The quantitative estimate of drug-likeness (QED) is 0.597. The molecule has 3 aromatic rings. The minimum absolute atomic E-state index is 0.216. The van der Waals surface area contributed by atoms with Crippen LogP contribution >= 0.6 is 0 Å². The van der Waals surface area contributed by atoms with E-state index < -0.39 is 23.8 Å². The minimum Gasteiger partial charge on any atom is -0.489 e. The van der Waals surface area contributed by atoms with Gasteiger partial charge in [0, 0.05) is 5.69 Å². The Morgan fingerprint density at radius 1 is 0.931 bits per heavy atom. The maximum absolute atomic E-state index is 13.6. The number of carbonyl (C=O) groups is 2. The van der Waals surface area contributed by atoms with E-state index in [1.54, 1.807) is 24.3 Å². The van der Waals surface area contributed by atoms with E-state index in [1.807, 2.05) is 30.3 Å². The molecule has 3 aromatic carbocycles. The number of amides is 1. The lowest BCUT2D eigenvalue weighted by Gasteiger charge is -2.14. The molecule has 0 aromatic heterocycles. The van der Waals surface area contributed by atoms with Gasteiger partial charge >= 0.3 is 5.97 Å². The van der Waals surface area contributed by atoms with Crippen LogP contribution in [0.25, 0.3) is 0 Å². The number of esters is 1. The summed E-state index contributed by atoms with van der Waals surface area (Å²) in [5.74, 6) is -1.45. The van der Waals surface area contributed by atoms with Crippen LogP contribution in [0.2, 0.25) is 0 Å². The van der Waals surface area contributed by atoms with E-state index in [9.17, 15) is 14.0 Å². The molecule has 1 unspecified atom stereocenters. The molecule has 0 radical (unpaired) electrons. The molecule has 3 rings (SSSR count). The maximum Gasteiger partial charge on any atom is 0.341 e. The fraction of sp³-hybridized carbons (Fsp3) is 0.130. The Bertz CT molecular complexity index is 974. The molecule has 0 saturated carbocycles. The highest BCUT2D eigenvalue weighted by Crippen LogP contribution is 2.18. The topological polar surface area (TPSA) is 64.6 Å². The van der Waals surface area contributed by atoms with Crippen molar-refractivity contribution >= 4 is 17.6 Å². The Kier molecular flexibility index (Phi) is 6.58. The number of benzene rings is 3. The number of anilines is 1. The summed E-state index contributed by atoms with van der Waals surface area (Å²) in [5, 5.41) is 2.65. The lowest BCUT2D eigenvalue weighted by atomic mass is 10.2. The van der Waals surface area contributed by atoms with Gasteiger partial charge in [-0.25, -0.2) is 9.18 Å². The summed E-state index contributed by atoms with van der Waals surface area (Å²) in [7, 11) is 0. The van der Waals surface area contributed by atoms with Crippen molar-refractivity contribution in [2.45, 2.75) is 19.6 Å². The van der Waals surface area contributed by atoms with Crippen LogP contribution in [0.1, 0.15) is 22.8 Å². The van der Waals surface area contributed by atoms with Crippen molar-refractivity contribution in [1.82, 2.24) is 0 Å². The van der Waals surface area contributed by atoms with Crippen molar-refractivity contribution in [3.05, 3.63) is 95.8 Å². The summed E-state index contributed by atoms with van der Waals surface area (Å²) in [6, 6.07) is 22.0. The largest absolute Gasteiger partial charge is 0.489 e. The molecule has 1 amide bonds. The standard InChI is InChI=1S/C23H20FNO4/c1-16(29-23(27)20-9-5-6-10-21(20)24)22(26)25-18-11-13-19(14-12-18)28-15-17-7-3-2-4-8-17/h2-14,16H,15H2,1H3,(H,25,26). The molecule has 148 valence electrons. The van der Waals surface area contributed by atoms with Gasteiger partial charge in [-0.15, -0.1) is 0 Å². The van der Waals surface area contributed by atoms with E-state index >= 15 is 0 Å². The summed E-state index contributed by atoms with van der Waals surface area (Å²) < 4.78 is 24.4. The van der Waals surface area contributed by atoms with E-state index in [4.69, 9.17) is 9.47 Å². The summed E-state index contributed by atoms with van der Waals surface area (Å²) in [6.45, 7) is 1.86. The van der Waals surface area contributed by atoms with Gasteiger partial charge in [-0.3, -0.25) is 4.79 Å². The Balaban J connectivity index is 1.52. The third-order valence-corrected chi connectivity index (χ3v) is 4.12. The number of ether oxygens (including phenoxy) is 2. The van der Waals surface area contributed by atoms with Crippen LogP contribution in [0.4, 0.5) is 10.1 Å². The Hall–Kier alpha value is -3.67. The highest BCUT2D eigenvalue weighted by Gasteiger charge is 2.21. The highest BCUT2D eigenvalue weighted by atomic mass is 19.1.